The maximum absolute atomic E-state index is 5.07. The SMILES string of the molecule is COCCCN(C)c1nccc(Nc2cc(C3CC3)[nH]n2)n1. The minimum atomic E-state index is 0.663. The van der Waals surface area contributed by atoms with Gasteiger partial charge in [-0.15, -0.1) is 0 Å². The van der Waals surface area contributed by atoms with Crippen LogP contribution >= 0.6 is 0 Å². The van der Waals surface area contributed by atoms with Crippen LogP contribution in [0.25, 0.3) is 0 Å². The van der Waals surface area contributed by atoms with Gasteiger partial charge in [0.2, 0.25) is 5.95 Å². The van der Waals surface area contributed by atoms with Crippen LogP contribution < -0.4 is 10.2 Å². The van der Waals surface area contributed by atoms with Crippen molar-refractivity contribution in [3.63, 3.8) is 0 Å². The zero-order valence-electron chi connectivity index (χ0n) is 13.0. The lowest BCUT2D eigenvalue weighted by molar-refractivity contribution is 0.196. The molecule has 22 heavy (non-hydrogen) atoms. The van der Waals surface area contributed by atoms with E-state index in [-0.39, 0.29) is 0 Å². The van der Waals surface area contributed by atoms with Crippen LogP contribution in [0.3, 0.4) is 0 Å². The summed E-state index contributed by atoms with van der Waals surface area (Å²) in [6, 6.07) is 3.90. The van der Waals surface area contributed by atoms with Gasteiger partial charge in [0.15, 0.2) is 5.82 Å². The number of rotatable bonds is 8. The number of hydrogen-bond acceptors (Lipinski definition) is 6. The highest BCUT2D eigenvalue weighted by Gasteiger charge is 2.25. The molecule has 0 bridgehead atoms. The predicted molar refractivity (Wildman–Crippen MR) is 85.6 cm³/mol. The van der Waals surface area contributed by atoms with Gasteiger partial charge in [-0.25, -0.2) is 4.98 Å². The first-order chi connectivity index (χ1) is 10.8. The van der Waals surface area contributed by atoms with E-state index >= 15 is 0 Å². The molecule has 0 saturated heterocycles. The number of H-pyrrole nitrogens is 1. The first kappa shape index (κ1) is 14.8. The molecule has 0 amide bonds. The predicted octanol–water partition coefficient (Wildman–Crippen LogP) is 2.29. The fourth-order valence-electron chi connectivity index (χ4n) is 2.28. The third kappa shape index (κ3) is 3.73. The van der Waals surface area contributed by atoms with Gasteiger partial charge < -0.3 is 15.0 Å². The van der Waals surface area contributed by atoms with Crippen molar-refractivity contribution in [2.75, 3.05) is 37.5 Å². The monoisotopic (exact) mass is 302 g/mol. The molecule has 2 heterocycles. The van der Waals surface area contributed by atoms with E-state index < -0.39 is 0 Å². The first-order valence-corrected chi connectivity index (χ1v) is 7.61. The molecule has 0 atom stereocenters. The highest BCUT2D eigenvalue weighted by Crippen LogP contribution is 2.39. The highest BCUT2D eigenvalue weighted by molar-refractivity contribution is 5.53. The molecular formula is C15H22N6O. The lowest BCUT2D eigenvalue weighted by Crippen LogP contribution is -2.22. The number of nitrogens with one attached hydrogen (secondary N) is 2. The lowest BCUT2D eigenvalue weighted by Gasteiger charge is -2.17. The molecule has 2 aromatic rings. The topological polar surface area (TPSA) is 79.0 Å². The van der Waals surface area contributed by atoms with Crippen molar-refractivity contribution in [3.05, 3.63) is 24.0 Å². The molecule has 1 saturated carbocycles. The molecule has 0 unspecified atom stereocenters. The standard InChI is InChI=1S/C15H22N6O/c1-21(8-3-9-22-2)15-16-7-6-13(18-15)17-14-10-12(19-20-14)11-4-5-11/h6-7,10-11H,3-5,8-9H2,1-2H3,(H2,16,17,18,19,20). The first-order valence-electron chi connectivity index (χ1n) is 7.61. The van der Waals surface area contributed by atoms with E-state index in [2.05, 4.69) is 31.5 Å². The van der Waals surface area contributed by atoms with Crippen LogP contribution in [0.5, 0.6) is 0 Å². The Morgan fingerprint density at radius 3 is 3.05 bits per heavy atom. The van der Waals surface area contributed by atoms with Crippen molar-refractivity contribution in [1.29, 1.82) is 0 Å². The second kappa shape index (κ2) is 6.74. The van der Waals surface area contributed by atoms with E-state index in [1.54, 1.807) is 13.3 Å². The van der Waals surface area contributed by atoms with Crippen molar-refractivity contribution in [2.24, 2.45) is 0 Å². The lowest BCUT2D eigenvalue weighted by atomic mass is 10.3. The Morgan fingerprint density at radius 1 is 1.41 bits per heavy atom. The summed E-state index contributed by atoms with van der Waals surface area (Å²) in [4.78, 5) is 10.9. The molecule has 2 aromatic heterocycles. The third-order valence-electron chi connectivity index (χ3n) is 3.70. The number of nitrogens with zero attached hydrogens (tertiary/aromatic N) is 4. The highest BCUT2D eigenvalue weighted by atomic mass is 16.5. The Bertz CT molecular complexity index is 610. The number of aromatic amines is 1. The molecule has 0 radical (unpaired) electrons. The van der Waals surface area contributed by atoms with Crippen LogP contribution in [-0.4, -0.2) is 47.5 Å². The Hall–Kier alpha value is -2.15. The van der Waals surface area contributed by atoms with E-state index in [0.29, 0.717) is 11.9 Å². The molecule has 7 heteroatoms. The van der Waals surface area contributed by atoms with Crippen LogP contribution in [0.1, 0.15) is 30.9 Å². The maximum Gasteiger partial charge on any atom is 0.227 e. The van der Waals surface area contributed by atoms with Gasteiger partial charge in [-0.1, -0.05) is 0 Å². The summed E-state index contributed by atoms with van der Waals surface area (Å²) in [5, 5.41) is 10.6. The maximum atomic E-state index is 5.07. The van der Waals surface area contributed by atoms with Crippen LogP contribution in [0.2, 0.25) is 0 Å². The summed E-state index contributed by atoms with van der Waals surface area (Å²) in [6.45, 7) is 1.59. The van der Waals surface area contributed by atoms with Gasteiger partial charge in [0.25, 0.3) is 0 Å². The summed E-state index contributed by atoms with van der Waals surface area (Å²) in [5.41, 5.74) is 1.20. The van der Waals surface area contributed by atoms with Crippen molar-refractivity contribution >= 4 is 17.6 Å². The van der Waals surface area contributed by atoms with E-state index in [4.69, 9.17) is 4.74 Å². The van der Waals surface area contributed by atoms with Crippen LogP contribution in [0.4, 0.5) is 17.6 Å². The number of methoxy groups -OCH3 is 1. The summed E-state index contributed by atoms with van der Waals surface area (Å²) >= 11 is 0. The summed E-state index contributed by atoms with van der Waals surface area (Å²) in [7, 11) is 3.69. The van der Waals surface area contributed by atoms with E-state index in [1.165, 1.54) is 18.5 Å². The van der Waals surface area contributed by atoms with Crippen molar-refractivity contribution < 1.29 is 4.74 Å². The summed E-state index contributed by atoms with van der Waals surface area (Å²) in [6.07, 6.45) is 5.21. The van der Waals surface area contributed by atoms with Gasteiger partial charge in [-0.2, -0.15) is 10.1 Å². The van der Waals surface area contributed by atoms with E-state index in [0.717, 1.165) is 31.2 Å². The Balaban J connectivity index is 1.62. The largest absolute Gasteiger partial charge is 0.385 e. The molecule has 118 valence electrons. The number of hydrogen-bond donors (Lipinski definition) is 2. The number of anilines is 3. The van der Waals surface area contributed by atoms with Crippen LogP contribution in [0, 0.1) is 0 Å². The second-order valence-electron chi connectivity index (χ2n) is 5.62. The van der Waals surface area contributed by atoms with Gasteiger partial charge in [-0.3, -0.25) is 5.10 Å². The van der Waals surface area contributed by atoms with Gasteiger partial charge >= 0.3 is 0 Å². The van der Waals surface area contributed by atoms with Crippen molar-refractivity contribution in [3.8, 4) is 0 Å². The number of aromatic nitrogens is 4. The minimum Gasteiger partial charge on any atom is -0.385 e. The molecule has 0 spiro atoms. The Labute approximate surface area is 130 Å². The fraction of sp³-hybridized carbons (Fsp3) is 0.533. The van der Waals surface area contributed by atoms with E-state index in [1.807, 2.05) is 18.0 Å². The van der Waals surface area contributed by atoms with Crippen molar-refractivity contribution in [2.45, 2.75) is 25.2 Å². The zero-order valence-corrected chi connectivity index (χ0v) is 13.0. The minimum absolute atomic E-state index is 0.663. The molecule has 1 aliphatic rings. The third-order valence-corrected chi connectivity index (χ3v) is 3.70. The Kier molecular flexibility index (Phi) is 4.53. The fourth-order valence-corrected chi connectivity index (χ4v) is 2.28. The number of ether oxygens (including phenoxy) is 1. The molecule has 0 aliphatic heterocycles. The quantitative estimate of drug-likeness (QED) is 0.728. The average Bonchev–Trinajstić information content (AvgIpc) is 3.28. The summed E-state index contributed by atoms with van der Waals surface area (Å²) < 4.78 is 5.07. The molecule has 1 aliphatic carbocycles. The zero-order chi connectivity index (χ0) is 15.4. The second-order valence-corrected chi connectivity index (χ2v) is 5.62. The molecule has 7 nitrogen and oxygen atoms in total. The molecule has 0 aromatic carbocycles. The van der Waals surface area contributed by atoms with Gasteiger partial charge in [-0.05, 0) is 25.3 Å². The van der Waals surface area contributed by atoms with Crippen LogP contribution in [0.15, 0.2) is 18.3 Å². The molecular weight excluding hydrogens is 280 g/mol. The average molecular weight is 302 g/mol. The van der Waals surface area contributed by atoms with Gasteiger partial charge in [0.1, 0.15) is 5.82 Å². The van der Waals surface area contributed by atoms with Gasteiger partial charge in [0.05, 0.1) is 0 Å². The van der Waals surface area contributed by atoms with Crippen LogP contribution in [-0.2, 0) is 4.74 Å². The van der Waals surface area contributed by atoms with Crippen molar-refractivity contribution in [1.82, 2.24) is 20.2 Å². The molecule has 3 rings (SSSR count). The normalized spacial score (nSPS) is 14.1. The Morgan fingerprint density at radius 2 is 2.27 bits per heavy atom. The molecule has 2 N–H and O–H groups in total. The smallest absolute Gasteiger partial charge is 0.227 e. The van der Waals surface area contributed by atoms with E-state index in [9.17, 15) is 0 Å². The van der Waals surface area contributed by atoms with Gasteiger partial charge in [0, 0.05) is 51.2 Å². The summed E-state index contributed by atoms with van der Waals surface area (Å²) in [5.74, 6) is 2.90. The molecule has 1 fully saturated rings.